The van der Waals surface area contributed by atoms with Crippen molar-refractivity contribution in [1.82, 2.24) is 13.9 Å². The first-order valence-electron chi connectivity index (χ1n) is 7.04. The van der Waals surface area contributed by atoms with Gasteiger partial charge in [-0.1, -0.05) is 6.42 Å². The van der Waals surface area contributed by atoms with E-state index >= 15 is 0 Å². The lowest BCUT2D eigenvalue weighted by molar-refractivity contribution is 0.243. The third-order valence-electron chi connectivity index (χ3n) is 4.03. The van der Waals surface area contributed by atoms with Crippen LogP contribution in [0.15, 0.2) is 0 Å². The Morgan fingerprint density at radius 2 is 1.53 bits per heavy atom. The van der Waals surface area contributed by atoms with Crippen molar-refractivity contribution in [3.8, 4) is 0 Å². The van der Waals surface area contributed by atoms with Gasteiger partial charge in [0.25, 0.3) is 10.2 Å². The molecule has 2 aliphatic heterocycles. The Labute approximate surface area is 123 Å². The van der Waals surface area contributed by atoms with Gasteiger partial charge in [0, 0.05) is 26.2 Å². The summed E-state index contributed by atoms with van der Waals surface area (Å²) in [6.45, 7) is 3.78. The van der Waals surface area contributed by atoms with Gasteiger partial charge in [-0.05, 0) is 45.2 Å². The first kappa shape index (κ1) is 17.2. The molecule has 2 heterocycles. The van der Waals surface area contributed by atoms with Crippen molar-refractivity contribution < 1.29 is 8.42 Å². The van der Waals surface area contributed by atoms with E-state index in [9.17, 15) is 8.42 Å². The topological polar surface area (TPSA) is 52.7 Å². The lowest BCUT2D eigenvalue weighted by atomic mass is 9.98. The van der Waals surface area contributed by atoms with Crippen molar-refractivity contribution in [3.05, 3.63) is 0 Å². The lowest BCUT2D eigenvalue weighted by Gasteiger charge is -2.36. The lowest BCUT2D eigenvalue weighted by Crippen LogP contribution is -2.49. The van der Waals surface area contributed by atoms with E-state index in [0.717, 1.165) is 38.6 Å². The van der Waals surface area contributed by atoms with Gasteiger partial charge < -0.3 is 5.32 Å². The van der Waals surface area contributed by atoms with Crippen LogP contribution in [-0.4, -0.2) is 56.8 Å². The minimum absolute atomic E-state index is 0. The number of halogens is 1. The van der Waals surface area contributed by atoms with E-state index < -0.39 is 10.2 Å². The highest BCUT2D eigenvalue weighted by molar-refractivity contribution is 7.86. The first-order valence-corrected chi connectivity index (χ1v) is 8.44. The number of piperidine rings is 2. The molecule has 2 fully saturated rings. The normalized spacial score (nSPS) is 24.1. The molecule has 0 amide bonds. The summed E-state index contributed by atoms with van der Waals surface area (Å²) < 4.78 is 28.2. The van der Waals surface area contributed by atoms with Crippen LogP contribution in [0.3, 0.4) is 0 Å². The van der Waals surface area contributed by atoms with Crippen molar-refractivity contribution in [2.24, 2.45) is 5.92 Å². The smallest absolute Gasteiger partial charge is 0.281 e. The second kappa shape index (κ2) is 7.78. The van der Waals surface area contributed by atoms with Gasteiger partial charge in [-0.25, -0.2) is 0 Å². The fourth-order valence-electron chi connectivity index (χ4n) is 2.89. The predicted molar refractivity (Wildman–Crippen MR) is 79.8 cm³/mol. The Bertz CT molecular complexity index is 350. The van der Waals surface area contributed by atoms with Crippen molar-refractivity contribution in [2.45, 2.75) is 32.1 Å². The minimum atomic E-state index is -3.18. The van der Waals surface area contributed by atoms with Crippen molar-refractivity contribution in [1.29, 1.82) is 0 Å². The van der Waals surface area contributed by atoms with Gasteiger partial charge in [-0.2, -0.15) is 17.0 Å². The zero-order valence-electron chi connectivity index (χ0n) is 11.7. The standard InChI is InChI=1S/C12H25N3O2S.ClH/c1-13-11-12-5-9-15(10-6-12)18(16,17)14-7-3-2-4-8-14;/h12-13H,2-11H2,1H3;1H. The third kappa shape index (κ3) is 4.29. The third-order valence-corrected chi connectivity index (χ3v) is 6.07. The zero-order valence-corrected chi connectivity index (χ0v) is 13.3. The SMILES string of the molecule is CNCC1CCN(S(=O)(=O)N2CCCCC2)CC1.Cl. The van der Waals surface area contributed by atoms with Gasteiger partial charge in [0.1, 0.15) is 0 Å². The largest absolute Gasteiger partial charge is 0.319 e. The van der Waals surface area contributed by atoms with Gasteiger partial charge in [-0.15, -0.1) is 12.4 Å². The summed E-state index contributed by atoms with van der Waals surface area (Å²) in [5, 5.41) is 3.18. The molecule has 0 aliphatic carbocycles. The van der Waals surface area contributed by atoms with Crippen molar-refractivity contribution in [2.75, 3.05) is 39.8 Å². The molecule has 19 heavy (non-hydrogen) atoms. The van der Waals surface area contributed by atoms with E-state index in [2.05, 4.69) is 5.32 Å². The number of hydrogen-bond donors (Lipinski definition) is 1. The Balaban J connectivity index is 0.00000180. The first-order chi connectivity index (χ1) is 8.64. The molecule has 114 valence electrons. The maximum atomic E-state index is 12.4. The Hall–Kier alpha value is 0.120. The molecule has 1 N–H and O–H groups in total. The molecule has 0 aromatic carbocycles. The molecular weight excluding hydrogens is 286 g/mol. The summed E-state index contributed by atoms with van der Waals surface area (Å²) >= 11 is 0. The van der Waals surface area contributed by atoms with Crippen LogP contribution >= 0.6 is 12.4 Å². The molecular formula is C12H26ClN3O2S. The van der Waals surface area contributed by atoms with Crippen LogP contribution < -0.4 is 5.32 Å². The second-order valence-electron chi connectivity index (χ2n) is 5.37. The molecule has 0 atom stereocenters. The fourth-order valence-corrected chi connectivity index (χ4v) is 4.61. The second-order valence-corrected chi connectivity index (χ2v) is 7.30. The molecule has 0 radical (unpaired) electrons. The van der Waals surface area contributed by atoms with Crippen LogP contribution in [0.5, 0.6) is 0 Å². The summed E-state index contributed by atoms with van der Waals surface area (Å²) in [5.41, 5.74) is 0. The predicted octanol–water partition coefficient (Wildman–Crippen LogP) is 1.07. The summed E-state index contributed by atoms with van der Waals surface area (Å²) in [7, 11) is -1.22. The molecule has 0 aromatic heterocycles. The maximum absolute atomic E-state index is 12.4. The van der Waals surface area contributed by atoms with E-state index in [0.29, 0.717) is 32.1 Å². The zero-order chi connectivity index (χ0) is 13.0. The highest BCUT2D eigenvalue weighted by Gasteiger charge is 2.33. The molecule has 7 heteroatoms. The Morgan fingerprint density at radius 1 is 1.00 bits per heavy atom. The highest BCUT2D eigenvalue weighted by Crippen LogP contribution is 2.22. The van der Waals surface area contributed by atoms with E-state index in [1.165, 1.54) is 0 Å². The molecule has 0 bridgehead atoms. The summed E-state index contributed by atoms with van der Waals surface area (Å²) in [6, 6.07) is 0. The summed E-state index contributed by atoms with van der Waals surface area (Å²) in [6.07, 6.45) is 5.14. The molecule has 0 aromatic rings. The van der Waals surface area contributed by atoms with Crippen LogP contribution in [0.1, 0.15) is 32.1 Å². The minimum Gasteiger partial charge on any atom is -0.319 e. The quantitative estimate of drug-likeness (QED) is 0.845. The van der Waals surface area contributed by atoms with Crippen LogP contribution in [0.25, 0.3) is 0 Å². The summed E-state index contributed by atoms with van der Waals surface area (Å²) in [5.74, 6) is 0.628. The average Bonchev–Trinajstić information content (AvgIpc) is 2.41. The molecule has 2 rings (SSSR count). The van der Waals surface area contributed by atoms with Crippen LogP contribution in [0.2, 0.25) is 0 Å². The molecule has 0 spiro atoms. The van der Waals surface area contributed by atoms with E-state index in [1.807, 2.05) is 7.05 Å². The highest BCUT2D eigenvalue weighted by atomic mass is 35.5. The Morgan fingerprint density at radius 3 is 2.05 bits per heavy atom. The van der Waals surface area contributed by atoms with Gasteiger partial charge >= 0.3 is 0 Å². The van der Waals surface area contributed by atoms with E-state index in [1.54, 1.807) is 8.61 Å². The monoisotopic (exact) mass is 311 g/mol. The molecule has 2 aliphatic rings. The van der Waals surface area contributed by atoms with Gasteiger partial charge in [-0.3, -0.25) is 0 Å². The van der Waals surface area contributed by atoms with Crippen molar-refractivity contribution >= 4 is 22.6 Å². The number of nitrogens with zero attached hydrogens (tertiary/aromatic N) is 2. The van der Waals surface area contributed by atoms with Crippen LogP contribution in [-0.2, 0) is 10.2 Å². The van der Waals surface area contributed by atoms with E-state index in [-0.39, 0.29) is 12.4 Å². The molecule has 2 saturated heterocycles. The van der Waals surface area contributed by atoms with Gasteiger partial charge in [0.15, 0.2) is 0 Å². The fraction of sp³-hybridized carbons (Fsp3) is 1.00. The summed E-state index contributed by atoms with van der Waals surface area (Å²) in [4.78, 5) is 0. The number of rotatable bonds is 4. The Kier molecular flexibility index (Phi) is 7.04. The number of hydrogen-bond acceptors (Lipinski definition) is 3. The number of nitrogens with one attached hydrogen (secondary N) is 1. The molecule has 0 unspecified atom stereocenters. The van der Waals surface area contributed by atoms with Crippen LogP contribution in [0.4, 0.5) is 0 Å². The van der Waals surface area contributed by atoms with Crippen molar-refractivity contribution in [3.63, 3.8) is 0 Å². The van der Waals surface area contributed by atoms with Crippen LogP contribution in [0, 0.1) is 5.92 Å². The maximum Gasteiger partial charge on any atom is 0.281 e. The van der Waals surface area contributed by atoms with E-state index in [4.69, 9.17) is 0 Å². The van der Waals surface area contributed by atoms with Gasteiger partial charge in [0.2, 0.25) is 0 Å². The average molecular weight is 312 g/mol. The molecule has 0 saturated carbocycles. The molecule has 5 nitrogen and oxygen atoms in total. The van der Waals surface area contributed by atoms with Gasteiger partial charge in [0.05, 0.1) is 0 Å².